The summed E-state index contributed by atoms with van der Waals surface area (Å²) in [4.78, 5) is 19.7. The molecule has 0 aliphatic rings. The van der Waals surface area contributed by atoms with Crippen molar-refractivity contribution in [1.82, 2.24) is 20.2 Å². The van der Waals surface area contributed by atoms with Crippen molar-refractivity contribution < 1.29 is 13.2 Å². The molecule has 1 N–H and O–H groups in total. The Morgan fingerprint density at radius 1 is 1.28 bits per heavy atom. The lowest BCUT2D eigenvalue weighted by Crippen LogP contribution is -2.17. The van der Waals surface area contributed by atoms with E-state index in [1.807, 2.05) is 42.5 Å². The molecule has 0 spiro atoms. The lowest BCUT2D eigenvalue weighted by Gasteiger charge is -2.04. The second kappa shape index (κ2) is 9.44. The first kappa shape index (κ1) is 21.4. The number of hydrogen-bond acceptors (Lipinski definition) is 9. The summed E-state index contributed by atoms with van der Waals surface area (Å²) in [6, 6.07) is 9.91. The molecular formula is C17H14ClN5O3S3. The molecule has 8 nitrogen and oxygen atoms in total. The number of benzene rings is 1. The number of thioether (sulfide) groups is 1. The summed E-state index contributed by atoms with van der Waals surface area (Å²) in [6.07, 6.45) is 6.03. The number of sulfone groups is 1. The third kappa shape index (κ3) is 6.07. The van der Waals surface area contributed by atoms with Crippen LogP contribution in [-0.2, 0) is 9.84 Å². The van der Waals surface area contributed by atoms with Crippen LogP contribution in [0, 0.1) is 0 Å². The first-order chi connectivity index (χ1) is 13.8. The monoisotopic (exact) mass is 467 g/mol. The van der Waals surface area contributed by atoms with Crippen LogP contribution in [0.4, 0.5) is 5.13 Å². The Morgan fingerprint density at radius 3 is 2.76 bits per heavy atom. The fourth-order valence-electron chi connectivity index (χ4n) is 2.03. The highest BCUT2D eigenvalue weighted by Crippen LogP contribution is 2.26. The van der Waals surface area contributed by atoms with Crippen molar-refractivity contribution in [2.24, 2.45) is 0 Å². The van der Waals surface area contributed by atoms with Gasteiger partial charge in [0.25, 0.3) is 5.91 Å². The van der Waals surface area contributed by atoms with E-state index < -0.39 is 20.9 Å². The molecule has 3 rings (SSSR count). The van der Waals surface area contributed by atoms with Crippen molar-refractivity contribution in [1.29, 1.82) is 0 Å². The van der Waals surface area contributed by atoms with E-state index in [1.165, 1.54) is 23.1 Å². The Balaban J connectivity index is 1.61. The van der Waals surface area contributed by atoms with Gasteiger partial charge in [-0.2, -0.15) is 0 Å². The van der Waals surface area contributed by atoms with Crippen LogP contribution in [0.15, 0.2) is 52.1 Å². The van der Waals surface area contributed by atoms with Gasteiger partial charge in [-0.25, -0.2) is 18.4 Å². The topological polar surface area (TPSA) is 115 Å². The molecule has 0 saturated heterocycles. The SMILES string of the molecule is CS(=O)(=O)c1ncc(Cl)c(C(=O)Nc2nnc(SC/C=C/c3ccccc3)s2)n1. The lowest BCUT2D eigenvalue weighted by atomic mass is 10.2. The summed E-state index contributed by atoms with van der Waals surface area (Å²) in [7, 11) is -3.67. The summed E-state index contributed by atoms with van der Waals surface area (Å²) in [5.74, 6) is -0.00796. The molecule has 0 unspecified atom stereocenters. The van der Waals surface area contributed by atoms with Crippen molar-refractivity contribution in [2.45, 2.75) is 9.50 Å². The van der Waals surface area contributed by atoms with E-state index in [0.717, 1.165) is 18.0 Å². The predicted octanol–water partition coefficient (Wildman–Crippen LogP) is 3.44. The van der Waals surface area contributed by atoms with E-state index in [9.17, 15) is 13.2 Å². The molecule has 1 aromatic carbocycles. The number of aromatic nitrogens is 4. The van der Waals surface area contributed by atoms with Crippen molar-refractivity contribution in [3.63, 3.8) is 0 Å². The molecule has 0 aliphatic carbocycles. The number of hydrogen-bond donors (Lipinski definition) is 1. The van der Waals surface area contributed by atoms with E-state index in [2.05, 4.69) is 25.5 Å². The fourth-order valence-corrected chi connectivity index (χ4v) is 4.29. The van der Waals surface area contributed by atoms with Crippen molar-refractivity contribution in [3.05, 3.63) is 58.9 Å². The maximum absolute atomic E-state index is 12.4. The number of carbonyl (C=O) groups excluding carboxylic acids is 1. The van der Waals surface area contributed by atoms with E-state index in [0.29, 0.717) is 10.1 Å². The highest BCUT2D eigenvalue weighted by atomic mass is 35.5. The lowest BCUT2D eigenvalue weighted by molar-refractivity contribution is 0.102. The summed E-state index contributed by atoms with van der Waals surface area (Å²) >= 11 is 8.58. The van der Waals surface area contributed by atoms with Gasteiger partial charge in [-0.3, -0.25) is 10.1 Å². The second-order valence-corrected chi connectivity index (χ2v) is 10.1. The van der Waals surface area contributed by atoms with E-state index in [1.54, 1.807) is 0 Å². The maximum atomic E-state index is 12.4. The Morgan fingerprint density at radius 2 is 2.03 bits per heavy atom. The van der Waals surface area contributed by atoms with E-state index in [-0.39, 0.29) is 15.8 Å². The van der Waals surface area contributed by atoms with Crippen LogP contribution in [0.25, 0.3) is 6.08 Å². The average molecular weight is 468 g/mol. The van der Waals surface area contributed by atoms with Gasteiger partial charge in [-0.15, -0.1) is 10.2 Å². The Hall–Kier alpha value is -2.34. The zero-order valence-electron chi connectivity index (χ0n) is 14.9. The van der Waals surface area contributed by atoms with Gasteiger partial charge in [-0.1, -0.05) is 77.2 Å². The molecule has 2 aromatic heterocycles. The molecule has 3 aromatic rings. The van der Waals surface area contributed by atoms with Crippen LogP contribution in [0.3, 0.4) is 0 Å². The largest absolute Gasteiger partial charge is 0.295 e. The molecule has 2 heterocycles. The van der Waals surface area contributed by atoms with Crippen molar-refractivity contribution in [3.8, 4) is 0 Å². The third-order valence-corrected chi connectivity index (χ3v) is 6.37. The average Bonchev–Trinajstić information content (AvgIpc) is 3.12. The zero-order chi connectivity index (χ0) is 20.9. The molecule has 12 heteroatoms. The molecule has 0 bridgehead atoms. The number of nitrogens with zero attached hydrogens (tertiary/aromatic N) is 4. The number of anilines is 1. The normalized spacial score (nSPS) is 11.7. The summed E-state index contributed by atoms with van der Waals surface area (Å²) in [5, 5.41) is 10.1. The van der Waals surface area contributed by atoms with Crippen LogP contribution >= 0.6 is 34.7 Å². The summed E-state index contributed by atoms with van der Waals surface area (Å²) in [6.45, 7) is 0. The Kier molecular flexibility index (Phi) is 6.96. The Bertz CT molecular complexity index is 1150. The molecular weight excluding hydrogens is 454 g/mol. The Labute approximate surface area is 180 Å². The summed E-state index contributed by atoms with van der Waals surface area (Å²) in [5.41, 5.74) is 0.853. The molecule has 29 heavy (non-hydrogen) atoms. The fraction of sp³-hybridized carbons (Fsp3) is 0.118. The van der Waals surface area contributed by atoms with Crippen LogP contribution in [-0.4, -0.2) is 46.5 Å². The van der Waals surface area contributed by atoms with Crippen LogP contribution < -0.4 is 5.32 Å². The molecule has 0 atom stereocenters. The van der Waals surface area contributed by atoms with E-state index in [4.69, 9.17) is 11.6 Å². The first-order valence-electron chi connectivity index (χ1n) is 8.05. The third-order valence-electron chi connectivity index (χ3n) is 3.31. The second-order valence-electron chi connectivity index (χ2n) is 5.57. The van der Waals surface area contributed by atoms with Gasteiger partial charge in [0, 0.05) is 12.0 Å². The van der Waals surface area contributed by atoms with Gasteiger partial charge in [-0.05, 0) is 5.56 Å². The smallest absolute Gasteiger partial charge is 0.277 e. The summed E-state index contributed by atoms with van der Waals surface area (Å²) < 4.78 is 23.8. The minimum Gasteiger partial charge on any atom is -0.295 e. The van der Waals surface area contributed by atoms with Gasteiger partial charge in [0.1, 0.15) is 0 Å². The van der Waals surface area contributed by atoms with Gasteiger partial charge < -0.3 is 0 Å². The molecule has 150 valence electrons. The molecule has 0 saturated carbocycles. The molecule has 1 amide bonds. The first-order valence-corrected chi connectivity index (χ1v) is 12.1. The minimum atomic E-state index is -3.67. The van der Waals surface area contributed by atoms with Gasteiger partial charge in [0.2, 0.25) is 20.1 Å². The van der Waals surface area contributed by atoms with Gasteiger partial charge >= 0.3 is 0 Å². The van der Waals surface area contributed by atoms with Gasteiger partial charge in [0.15, 0.2) is 10.0 Å². The van der Waals surface area contributed by atoms with Gasteiger partial charge in [0.05, 0.1) is 11.2 Å². The van der Waals surface area contributed by atoms with Crippen LogP contribution in [0.2, 0.25) is 5.02 Å². The minimum absolute atomic E-state index is 0.0694. The van der Waals surface area contributed by atoms with E-state index >= 15 is 0 Å². The van der Waals surface area contributed by atoms with Crippen molar-refractivity contribution >= 4 is 61.7 Å². The van der Waals surface area contributed by atoms with Crippen molar-refractivity contribution in [2.75, 3.05) is 17.3 Å². The number of rotatable bonds is 7. The number of carbonyl (C=O) groups is 1. The molecule has 0 radical (unpaired) electrons. The highest BCUT2D eigenvalue weighted by Gasteiger charge is 2.20. The predicted molar refractivity (Wildman–Crippen MR) is 114 cm³/mol. The number of nitrogens with one attached hydrogen (secondary N) is 1. The number of amides is 1. The highest BCUT2D eigenvalue weighted by molar-refractivity contribution is 8.01. The zero-order valence-corrected chi connectivity index (χ0v) is 18.1. The van der Waals surface area contributed by atoms with Crippen LogP contribution in [0.5, 0.6) is 0 Å². The molecule has 0 aliphatic heterocycles. The standard InChI is InChI=1S/C17H14ClN5O3S3/c1-29(25,26)16-19-10-12(18)13(20-16)14(24)21-15-22-23-17(28-15)27-9-5-8-11-6-3-2-4-7-11/h2-8,10H,9H2,1H3,(H,21,22,24)/b8-5+. The maximum Gasteiger partial charge on any atom is 0.277 e. The van der Waals surface area contributed by atoms with Crippen LogP contribution in [0.1, 0.15) is 16.1 Å². The molecule has 0 fully saturated rings. The quantitative estimate of drug-likeness (QED) is 0.319. The number of halogens is 1.